The second-order valence-electron chi connectivity index (χ2n) is 6.20. The summed E-state index contributed by atoms with van der Waals surface area (Å²) in [5.74, 6) is -2.09. The van der Waals surface area contributed by atoms with Crippen molar-refractivity contribution in [2.75, 3.05) is 18.9 Å². The number of hydrogen-bond donors (Lipinski definition) is 2. The van der Waals surface area contributed by atoms with Gasteiger partial charge in [-0.3, -0.25) is 9.59 Å². The number of rotatable bonds is 5. The number of likely N-dealkylation sites (N-methyl/N-ethyl adjacent to an activating group) is 1. The van der Waals surface area contributed by atoms with Gasteiger partial charge >= 0.3 is 5.97 Å². The molecule has 2 rings (SSSR count). The molecule has 0 saturated carbocycles. The first-order valence-electron chi connectivity index (χ1n) is 8.02. The number of hydrogen-bond acceptors (Lipinski definition) is 4. The zero-order valence-corrected chi connectivity index (χ0v) is 15.2. The molecule has 0 fully saturated rings. The third-order valence-electron chi connectivity index (χ3n) is 3.86. The summed E-state index contributed by atoms with van der Waals surface area (Å²) in [6.07, 6.45) is 0. The largest absolute Gasteiger partial charge is 0.477 e. The number of benzene rings is 1. The summed E-state index contributed by atoms with van der Waals surface area (Å²) in [6.45, 7) is 5.62. The van der Waals surface area contributed by atoms with Crippen LogP contribution in [0.25, 0.3) is 0 Å². The van der Waals surface area contributed by atoms with Crippen LogP contribution in [-0.2, 0) is 4.79 Å². The molecule has 0 unspecified atom stereocenters. The number of carboxylic acid groups (broad SMARTS) is 1. The first-order valence-corrected chi connectivity index (χ1v) is 8.02. The predicted octanol–water partition coefficient (Wildman–Crippen LogP) is 2.42. The van der Waals surface area contributed by atoms with Gasteiger partial charge in [-0.1, -0.05) is 23.8 Å². The monoisotopic (exact) mass is 355 g/mol. The summed E-state index contributed by atoms with van der Waals surface area (Å²) >= 11 is 0. The Morgan fingerprint density at radius 1 is 1.08 bits per heavy atom. The summed E-state index contributed by atoms with van der Waals surface area (Å²) in [5.41, 5.74) is 3.48. The molecular weight excluding hydrogens is 334 g/mol. The fourth-order valence-electron chi connectivity index (χ4n) is 2.71. The standard InChI is InChI=1S/C19H21N3O4/c1-11-8-12(2)17(13(3)9-11)21-16(23)10-22(4)18(24)14-6-5-7-15(20-14)19(25)26/h5-9H,10H2,1-4H3,(H,21,23)(H,25,26). The van der Waals surface area contributed by atoms with Crippen LogP contribution in [-0.4, -0.2) is 46.4 Å². The Morgan fingerprint density at radius 3 is 2.23 bits per heavy atom. The smallest absolute Gasteiger partial charge is 0.354 e. The Labute approximate surface area is 151 Å². The van der Waals surface area contributed by atoms with Crippen LogP contribution in [0.15, 0.2) is 30.3 Å². The highest BCUT2D eigenvalue weighted by atomic mass is 16.4. The summed E-state index contributed by atoms with van der Waals surface area (Å²) in [7, 11) is 1.46. The van der Waals surface area contributed by atoms with Crippen LogP contribution in [0.2, 0.25) is 0 Å². The van der Waals surface area contributed by atoms with E-state index in [-0.39, 0.29) is 23.8 Å². The highest BCUT2D eigenvalue weighted by Crippen LogP contribution is 2.21. The number of aromatic nitrogens is 1. The van der Waals surface area contributed by atoms with Crippen LogP contribution in [0.4, 0.5) is 5.69 Å². The maximum atomic E-state index is 12.4. The lowest BCUT2D eigenvalue weighted by Crippen LogP contribution is -2.35. The van der Waals surface area contributed by atoms with Crippen molar-refractivity contribution in [1.82, 2.24) is 9.88 Å². The number of aromatic carboxylic acids is 1. The average Bonchev–Trinajstić information content (AvgIpc) is 2.57. The van der Waals surface area contributed by atoms with Gasteiger partial charge in [0, 0.05) is 12.7 Å². The molecule has 0 saturated heterocycles. The number of amides is 2. The Hall–Kier alpha value is -3.22. The number of nitrogens with one attached hydrogen (secondary N) is 1. The molecule has 0 bridgehead atoms. The average molecular weight is 355 g/mol. The van der Waals surface area contributed by atoms with E-state index in [0.717, 1.165) is 22.4 Å². The van der Waals surface area contributed by atoms with Crippen LogP contribution in [0, 0.1) is 20.8 Å². The van der Waals surface area contributed by atoms with Crippen molar-refractivity contribution in [1.29, 1.82) is 0 Å². The lowest BCUT2D eigenvalue weighted by molar-refractivity contribution is -0.116. The van der Waals surface area contributed by atoms with E-state index in [0.29, 0.717) is 0 Å². The third-order valence-corrected chi connectivity index (χ3v) is 3.86. The highest BCUT2D eigenvalue weighted by molar-refractivity contribution is 5.99. The molecule has 0 spiro atoms. The minimum absolute atomic E-state index is 0.0251. The normalized spacial score (nSPS) is 10.3. The van der Waals surface area contributed by atoms with Crippen molar-refractivity contribution in [3.05, 3.63) is 58.4 Å². The van der Waals surface area contributed by atoms with E-state index >= 15 is 0 Å². The molecule has 2 aromatic rings. The number of nitrogens with zero attached hydrogens (tertiary/aromatic N) is 2. The fraction of sp³-hybridized carbons (Fsp3) is 0.263. The first-order chi connectivity index (χ1) is 12.2. The van der Waals surface area contributed by atoms with Crippen molar-refractivity contribution in [3.63, 3.8) is 0 Å². The van der Waals surface area contributed by atoms with Crippen LogP contribution in [0.3, 0.4) is 0 Å². The van der Waals surface area contributed by atoms with Gasteiger partial charge in [0.2, 0.25) is 5.91 Å². The van der Waals surface area contributed by atoms with E-state index in [1.807, 2.05) is 32.9 Å². The molecule has 0 atom stereocenters. The second-order valence-corrected chi connectivity index (χ2v) is 6.20. The number of carbonyl (C=O) groups excluding carboxylic acids is 2. The van der Waals surface area contributed by atoms with E-state index in [1.165, 1.54) is 30.1 Å². The molecule has 26 heavy (non-hydrogen) atoms. The maximum Gasteiger partial charge on any atom is 0.354 e. The zero-order valence-electron chi connectivity index (χ0n) is 15.2. The topological polar surface area (TPSA) is 99.6 Å². The van der Waals surface area contributed by atoms with E-state index in [2.05, 4.69) is 10.3 Å². The van der Waals surface area contributed by atoms with Crippen LogP contribution < -0.4 is 5.32 Å². The fourth-order valence-corrected chi connectivity index (χ4v) is 2.71. The number of pyridine rings is 1. The number of carbonyl (C=O) groups is 3. The van der Waals surface area contributed by atoms with Crippen LogP contribution in [0.5, 0.6) is 0 Å². The molecule has 1 aromatic carbocycles. The molecule has 2 amide bonds. The van der Waals surface area contributed by atoms with E-state index in [4.69, 9.17) is 5.11 Å². The lowest BCUT2D eigenvalue weighted by atomic mass is 10.1. The summed E-state index contributed by atoms with van der Waals surface area (Å²) in [4.78, 5) is 40.6. The molecule has 2 N–H and O–H groups in total. The van der Waals surface area contributed by atoms with Crippen LogP contribution in [0.1, 0.15) is 37.7 Å². The summed E-state index contributed by atoms with van der Waals surface area (Å²) in [6, 6.07) is 8.10. The number of carboxylic acids is 1. The third kappa shape index (κ3) is 4.44. The highest BCUT2D eigenvalue weighted by Gasteiger charge is 2.18. The van der Waals surface area contributed by atoms with Gasteiger partial charge in [-0.15, -0.1) is 0 Å². The van der Waals surface area contributed by atoms with E-state index in [1.54, 1.807) is 0 Å². The minimum Gasteiger partial charge on any atom is -0.477 e. The molecule has 7 nitrogen and oxygen atoms in total. The Balaban J connectivity index is 2.08. The molecule has 1 aromatic heterocycles. The second kappa shape index (κ2) is 7.77. The minimum atomic E-state index is -1.22. The van der Waals surface area contributed by atoms with E-state index in [9.17, 15) is 14.4 Å². The number of anilines is 1. The van der Waals surface area contributed by atoms with Gasteiger partial charge in [-0.05, 0) is 44.0 Å². The van der Waals surface area contributed by atoms with Gasteiger partial charge in [0.15, 0.2) is 0 Å². The molecular formula is C19H21N3O4. The lowest BCUT2D eigenvalue weighted by Gasteiger charge is -2.18. The van der Waals surface area contributed by atoms with Gasteiger partial charge in [-0.25, -0.2) is 9.78 Å². The van der Waals surface area contributed by atoms with Crippen molar-refractivity contribution < 1.29 is 19.5 Å². The van der Waals surface area contributed by atoms with Gasteiger partial charge < -0.3 is 15.3 Å². The van der Waals surface area contributed by atoms with Crippen LogP contribution >= 0.6 is 0 Å². The van der Waals surface area contributed by atoms with Crippen molar-refractivity contribution in [3.8, 4) is 0 Å². The van der Waals surface area contributed by atoms with Crippen molar-refractivity contribution in [2.24, 2.45) is 0 Å². The zero-order chi connectivity index (χ0) is 19.4. The molecule has 0 aliphatic rings. The van der Waals surface area contributed by atoms with Gasteiger partial charge in [0.1, 0.15) is 11.4 Å². The van der Waals surface area contributed by atoms with Gasteiger partial charge in [0.05, 0.1) is 6.54 Å². The van der Waals surface area contributed by atoms with Gasteiger partial charge in [-0.2, -0.15) is 0 Å². The Morgan fingerprint density at radius 2 is 1.65 bits per heavy atom. The molecule has 7 heteroatoms. The quantitative estimate of drug-likeness (QED) is 0.858. The SMILES string of the molecule is Cc1cc(C)c(NC(=O)CN(C)C(=O)c2cccc(C(=O)O)n2)c(C)c1. The molecule has 0 aliphatic heterocycles. The van der Waals surface area contributed by atoms with Crippen molar-refractivity contribution >= 4 is 23.5 Å². The molecule has 0 radical (unpaired) electrons. The van der Waals surface area contributed by atoms with Crippen molar-refractivity contribution in [2.45, 2.75) is 20.8 Å². The number of aryl methyl sites for hydroxylation is 3. The predicted molar refractivity (Wildman–Crippen MR) is 97.4 cm³/mol. The van der Waals surface area contributed by atoms with Gasteiger partial charge in [0.25, 0.3) is 5.91 Å². The Kier molecular flexibility index (Phi) is 5.71. The Bertz CT molecular complexity index is 854. The summed E-state index contributed by atoms with van der Waals surface area (Å²) < 4.78 is 0. The molecule has 136 valence electrons. The summed E-state index contributed by atoms with van der Waals surface area (Å²) in [5, 5.41) is 11.8. The maximum absolute atomic E-state index is 12.4. The molecule has 1 heterocycles. The first kappa shape index (κ1) is 19.1. The van der Waals surface area contributed by atoms with E-state index < -0.39 is 11.9 Å². The molecule has 0 aliphatic carbocycles.